The summed E-state index contributed by atoms with van der Waals surface area (Å²) in [5, 5.41) is 3.05. The van der Waals surface area contributed by atoms with Crippen LogP contribution in [0.4, 0.5) is 0 Å². The third kappa shape index (κ3) is 5.29. The van der Waals surface area contributed by atoms with E-state index >= 15 is 0 Å². The van der Waals surface area contributed by atoms with Crippen molar-refractivity contribution in [3.05, 3.63) is 28.7 Å². The Labute approximate surface area is 152 Å². The monoisotopic (exact) mass is 416 g/mol. The molecule has 2 rings (SSSR count). The number of hydrogen-bond donors (Lipinski definition) is 2. The highest BCUT2D eigenvalue weighted by Crippen LogP contribution is 2.29. The smallest absolute Gasteiger partial charge is 0.240 e. The van der Waals surface area contributed by atoms with Crippen molar-refractivity contribution in [3.63, 3.8) is 0 Å². The molecular weight excluding hydrogens is 392 g/mol. The van der Waals surface area contributed by atoms with Crippen LogP contribution in [0.15, 0.2) is 33.6 Å². The number of carbonyl (C=O) groups is 1. The maximum atomic E-state index is 12.2. The van der Waals surface area contributed by atoms with Gasteiger partial charge in [0.15, 0.2) is 0 Å². The van der Waals surface area contributed by atoms with E-state index in [4.69, 9.17) is 0 Å². The van der Waals surface area contributed by atoms with Crippen LogP contribution < -0.4 is 10.0 Å². The molecule has 5 nitrogen and oxygen atoms in total. The molecule has 0 aromatic heterocycles. The first-order valence-electron chi connectivity index (χ1n) is 8.34. The Balaban J connectivity index is 1.80. The van der Waals surface area contributed by atoms with E-state index in [1.807, 2.05) is 0 Å². The third-order valence-electron chi connectivity index (χ3n) is 4.82. The summed E-state index contributed by atoms with van der Waals surface area (Å²) in [5.41, 5.74) is 0. The molecule has 134 valence electrons. The molecule has 2 N–H and O–H groups in total. The number of amides is 1. The van der Waals surface area contributed by atoms with Gasteiger partial charge in [-0.2, -0.15) is 0 Å². The average molecular weight is 417 g/mol. The molecule has 1 amide bonds. The molecule has 0 unspecified atom stereocenters. The first-order valence-corrected chi connectivity index (χ1v) is 10.6. The summed E-state index contributed by atoms with van der Waals surface area (Å²) < 4.78 is 27.6. The SMILES string of the molecule is C[C@@H]1[C@H](C)CCC[C@H]1NC(=O)CCNS(=O)(=O)c1ccc(Br)cc1. The summed E-state index contributed by atoms with van der Waals surface area (Å²) in [6.07, 6.45) is 3.49. The van der Waals surface area contributed by atoms with E-state index < -0.39 is 10.0 Å². The number of rotatable bonds is 6. The summed E-state index contributed by atoms with van der Waals surface area (Å²) >= 11 is 3.27. The predicted molar refractivity (Wildman–Crippen MR) is 98.1 cm³/mol. The second-order valence-electron chi connectivity index (χ2n) is 6.54. The van der Waals surface area contributed by atoms with Crippen LogP contribution >= 0.6 is 15.9 Å². The maximum absolute atomic E-state index is 12.2. The number of hydrogen-bond acceptors (Lipinski definition) is 3. The van der Waals surface area contributed by atoms with Gasteiger partial charge in [0.25, 0.3) is 0 Å². The average Bonchev–Trinajstić information content (AvgIpc) is 2.52. The van der Waals surface area contributed by atoms with E-state index in [1.165, 1.54) is 18.6 Å². The molecule has 0 heterocycles. The van der Waals surface area contributed by atoms with Gasteiger partial charge in [-0.1, -0.05) is 42.6 Å². The lowest BCUT2D eigenvalue weighted by molar-refractivity contribution is -0.122. The van der Waals surface area contributed by atoms with Crippen molar-refractivity contribution in [1.29, 1.82) is 0 Å². The number of halogens is 1. The molecule has 1 aromatic rings. The van der Waals surface area contributed by atoms with Gasteiger partial charge in [0.1, 0.15) is 0 Å². The third-order valence-corrected chi connectivity index (χ3v) is 6.83. The molecule has 0 spiro atoms. The zero-order valence-electron chi connectivity index (χ0n) is 14.1. The number of benzene rings is 1. The van der Waals surface area contributed by atoms with Gasteiger partial charge in [-0.25, -0.2) is 13.1 Å². The first kappa shape index (κ1) is 19.4. The van der Waals surface area contributed by atoms with Crippen LogP contribution in [-0.2, 0) is 14.8 Å². The lowest BCUT2D eigenvalue weighted by Gasteiger charge is -2.34. The molecule has 1 saturated carbocycles. The van der Waals surface area contributed by atoms with E-state index in [2.05, 4.69) is 39.8 Å². The molecule has 1 aliphatic rings. The molecule has 24 heavy (non-hydrogen) atoms. The van der Waals surface area contributed by atoms with Crippen molar-refractivity contribution < 1.29 is 13.2 Å². The molecule has 1 fully saturated rings. The van der Waals surface area contributed by atoms with Crippen LogP contribution in [-0.4, -0.2) is 26.9 Å². The Morgan fingerprint density at radius 3 is 2.54 bits per heavy atom. The van der Waals surface area contributed by atoms with Crippen molar-refractivity contribution in [2.75, 3.05) is 6.54 Å². The quantitative estimate of drug-likeness (QED) is 0.747. The fraction of sp³-hybridized carbons (Fsp3) is 0.588. The predicted octanol–water partition coefficient (Wildman–Crippen LogP) is 3.06. The second-order valence-corrected chi connectivity index (χ2v) is 9.23. The van der Waals surface area contributed by atoms with Crippen molar-refractivity contribution in [2.45, 2.75) is 50.5 Å². The Kier molecular flexibility index (Phi) is 6.83. The van der Waals surface area contributed by atoms with Crippen LogP contribution in [0.3, 0.4) is 0 Å². The standard InChI is InChI=1S/C17H25BrN2O3S/c1-12-4-3-5-16(13(12)2)20-17(21)10-11-19-24(22,23)15-8-6-14(18)7-9-15/h6-9,12-13,16,19H,3-5,10-11H2,1-2H3,(H,20,21)/t12-,13-,16-/m1/s1. The Morgan fingerprint density at radius 2 is 1.88 bits per heavy atom. The van der Waals surface area contributed by atoms with Crippen LogP contribution in [0.25, 0.3) is 0 Å². The Morgan fingerprint density at radius 1 is 1.21 bits per heavy atom. The zero-order valence-corrected chi connectivity index (χ0v) is 16.5. The van der Waals surface area contributed by atoms with Crippen molar-refractivity contribution in [1.82, 2.24) is 10.0 Å². The second kappa shape index (κ2) is 8.45. The molecular formula is C17H25BrN2O3S. The fourth-order valence-corrected chi connectivity index (χ4v) is 4.36. The van der Waals surface area contributed by atoms with Gasteiger partial charge in [-0.3, -0.25) is 4.79 Å². The van der Waals surface area contributed by atoms with Gasteiger partial charge in [-0.15, -0.1) is 0 Å². The topological polar surface area (TPSA) is 75.3 Å². The lowest BCUT2D eigenvalue weighted by Crippen LogP contribution is -2.44. The van der Waals surface area contributed by atoms with Crippen LogP contribution in [0.2, 0.25) is 0 Å². The normalized spacial score (nSPS) is 24.5. The molecule has 0 aliphatic heterocycles. The summed E-state index contributed by atoms with van der Waals surface area (Å²) in [7, 11) is -3.58. The largest absolute Gasteiger partial charge is 0.353 e. The molecule has 1 aliphatic carbocycles. The minimum atomic E-state index is -3.58. The molecule has 0 bridgehead atoms. The van der Waals surface area contributed by atoms with E-state index in [0.717, 1.165) is 17.3 Å². The molecule has 0 radical (unpaired) electrons. The highest BCUT2D eigenvalue weighted by Gasteiger charge is 2.28. The van der Waals surface area contributed by atoms with Gasteiger partial charge in [-0.05, 0) is 42.5 Å². The summed E-state index contributed by atoms with van der Waals surface area (Å²) in [6.45, 7) is 4.49. The van der Waals surface area contributed by atoms with Gasteiger partial charge < -0.3 is 5.32 Å². The lowest BCUT2D eigenvalue weighted by atomic mass is 9.78. The van der Waals surface area contributed by atoms with E-state index in [1.54, 1.807) is 12.1 Å². The molecule has 7 heteroatoms. The van der Waals surface area contributed by atoms with Crippen LogP contribution in [0, 0.1) is 11.8 Å². The maximum Gasteiger partial charge on any atom is 0.240 e. The molecule has 0 saturated heterocycles. The van der Waals surface area contributed by atoms with Gasteiger partial charge >= 0.3 is 0 Å². The summed E-state index contributed by atoms with van der Waals surface area (Å²) in [4.78, 5) is 12.3. The van der Waals surface area contributed by atoms with Crippen molar-refractivity contribution in [2.24, 2.45) is 11.8 Å². The van der Waals surface area contributed by atoms with Gasteiger partial charge in [0, 0.05) is 23.5 Å². The fourth-order valence-electron chi connectivity index (χ4n) is 3.06. The Bertz CT molecular complexity index is 661. The van der Waals surface area contributed by atoms with E-state index in [0.29, 0.717) is 11.8 Å². The Hall–Kier alpha value is -0.920. The summed E-state index contributed by atoms with van der Waals surface area (Å²) in [5.74, 6) is 0.974. The van der Waals surface area contributed by atoms with Crippen molar-refractivity contribution in [3.8, 4) is 0 Å². The minimum absolute atomic E-state index is 0.0977. The van der Waals surface area contributed by atoms with Crippen LogP contribution in [0.5, 0.6) is 0 Å². The number of carbonyl (C=O) groups excluding carboxylic acids is 1. The summed E-state index contributed by atoms with van der Waals surface area (Å²) in [6, 6.07) is 6.60. The molecule has 3 atom stereocenters. The zero-order chi connectivity index (χ0) is 17.7. The minimum Gasteiger partial charge on any atom is -0.353 e. The highest BCUT2D eigenvalue weighted by atomic mass is 79.9. The van der Waals surface area contributed by atoms with E-state index in [-0.39, 0.29) is 29.8 Å². The van der Waals surface area contributed by atoms with Crippen molar-refractivity contribution >= 4 is 31.9 Å². The number of sulfonamides is 1. The van der Waals surface area contributed by atoms with E-state index in [9.17, 15) is 13.2 Å². The highest BCUT2D eigenvalue weighted by molar-refractivity contribution is 9.10. The molecule has 1 aromatic carbocycles. The van der Waals surface area contributed by atoms with Gasteiger partial charge in [0.2, 0.25) is 15.9 Å². The number of nitrogens with one attached hydrogen (secondary N) is 2. The first-order chi connectivity index (χ1) is 11.3. The van der Waals surface area contributed by atoms with Gasteiger partial charge in [0.05, 0.1) is 4.90 Å². The van der Waals surface area contributed by atoms with Crippen LogP contribution in [0.1, 0.15) is 39.5 Å².